The maximum Gasteiger partial charge on any atom is 0.118 e. The van der Waals surface area contributed by atoms with E-state index in [0.717, 1.165) is 30.8 Å². The molecule has 0 aliphatic rings. The summed E-state index contributed by atoms with van der Waals surface area (Å²) in [6.07, 6.45) is 2.04. The highest BCUT2D eigenvalue weighted by atomic mass is 32.1. The molecule has 0 amide bonds. The molecule has 0 fully saturated rings. The number of aromatic nitrogens is 1. The fraction of sp³-hybridized carbons (Fsp3) is 0.471. The molecule has 1 atom stereocenters. The topological polar surface area (TPSA) is 34.1 Å². The Morgan fingerprint density at radius 1 is 1.29 bits per heavy atom. The van der Waals surface area contributed by atoms with Gasteiger partial charge in [-0.15, -0.1) is 11.3 Å². The number of hydrogen-bond acceptors (Lipinski definition) is 4. The molecule has 0 radical (unpaired) electrons. The average Bonchev–Trinajstić information content (AvgIpc) is 2.85. The van der Waals surface area contributed by atoms with Crippen LogP contribution in [-0.2, 0) is 13.0 Å². The van der Waals surface area contributed by atoms with E-state index < -0.39 is 0 Å². The maximum atomic E-state index is 5.19. The van der Waals surface area contributed by atoms with Gasteiger partial charge in [0, 0.05) is 23.9 Å². The average molecular weight is 304 g/mol. The highest BCUT2D eigenvalue weighted by Gasteiger charge is 2.09. The van der Waals surface area contributed by atoms with E-state index in [9.17, 15) is 0 Å². The Morgan fingerprint density at radius 3 is 2.62 bits per heavy atom. The predicted molar refractivity (Wildman–Crippen MR) is 89.2 cm³/mol. The van der Waals surface area contributed by atoms with Gasteiger partial charge in [0.25, 0.3) is 0 Å². The summed E-state index contributed by atoms with van der Waals surface area (Å²) in [7, 11) is 1.69. The van der Waals surface area contributed by atoms with Crippen LogP contribution in [0.4, 0.5) is 0 Å². The van der Waals surface area contributed by atoms with Crippen molar-refractivity contribution in [2.45, 2.75) is 46.2 Å². The van der Waals surface area contributed by atoms with Crippen LogP contribution in [0.25, 0.3) is 0 Å². The molecule has 1 unspecified atom stereocenters. The number of benzene rings is 1. The Bertz CT molecular complexity index is 563. The van der Waals surface area contributed by atoms with Crippen LogP contribution >= 0.6 is 11.3 Å². The van der Waals surface area contributed by atoms with Crippen molar-refractivity contribution in [2.24, 2.45) is 0 Å². The summed E-state index contributed by atoms with van der Waals surface area (Å²) >= 11 is 1.81. The maximum absolute atomic E-state index is 5.19. The van der Waals surface area contributed by atoms with Crippen LogP contribution in [0.1, 0.15) is 41.4 Å². The van der Waals surface area contributed by atoms with Crippen molar-refractivity contribution < 1.29 is 4.74 Å². The van der Waals surface area contributed by atoms with E-state index in [2.05, 4.69) is 38.2 Å². The molecule has 4 heteroatoms. The third kappa shape index (κ3) is 4.55. The number of hydrogen-bond donors (Lipinski definition) is 1. The van der Waals surface area contributed by atoms with Gasteiger partial charge < -0.3 is 10.1 Å². The van der Waals surface area contributed by atoms with Crippen molar-refractivity contribution >= 4 is 11.3 Å². The zero-order valence-electron chi connectivity index (χ0n) is 13.3. The molecule has 0 saturated carbocycles. The Hall–Kier alpha value is -1.39. The zero-order chi connectivity index (χ0) is 15.2. The normalized spacial score (nSPS) is 12.4. The molecule has 1 heterocycles. The van der Waals surface area contributed by atoms with Crippen molar-refractivity contribution in [3.63, 3.8) is 0 Å². The molecule has 0 bridgehead atoms. The number of rotatable bonds is 7. The summed E-state index contributed by atoms with van der Waals surface area (Å²) in [5, 5.41) is 4.71. The number of thiazole rings is 1. The van der Waals surface area contributed by atoms with Crippen LogP contribution in [0.2, 0.25) is 0 Å². The first kappa shape index (κ1) is 16.0. The molecule has 1 N–H and O–H groups in total. The molecule has 0 saturated heterocycles. The lowest BCUT2D eigenvalue weighted by molar-refractivity contribution is 0.414. The molecular weight excluding hydrogens is 280 g/mol. The monoisotopic (exact) mass is 304 g/mol. The minimum absolute atomic E-state index is 0.552. The van der Waals surface area contributed by atoms with E-state index in [-0.39, 0.29) is 0 Å². The molecule has 2 rings (SSSR count). The van der Waals surface area contributed by atoms with Crippen molar-refractivity contribution in [3.8, 4) is 5.75 Å². The highest BCUT2D eigenvalue weighted by molar-refractivity contribution is 7.11. The van der Waals surface area contributed by atoms with E-state index in [0.29, 0.717) is 6.04 Å². The second-order valence-corrected chi connectivity index (χ2v) is 6.50. The standard InChI is InChI=1S/C17H24N2OS/c1-5-12(2)18-11-16-13(3)19-17(21-16)10-14-6-8-15(20-4)9-7-14/h6-9,12,18H,5,10-11H2,1-4H3. The third-order valence-electron chi connectivity index (χ3n) is 3.67. The van der Waals surface area contributed by atoms with Crippen LogP contribution < -0.4 is 10.1 Å². The van der Waals surface area contributed by atoms with Gasteiger partial charge in [0.15, 0.2) is 0 Å². The number of nitrogens with one attached hydrogen (secondary N) is 1. The van der Waals surface area contributed by atoms with Crippen LogP contribution in [0, 0.1) is 6.92 Å². The van der Waals surface area contributed by atoms with Gasteiger partial charge in [0.1, 0.15) is 5.75 Å². The Morgan fingerprint density at radius 2 is 2.00 bits per heavy atom. The number of methoxy groups -OCH3 is 1. The number of ether oxygens (including phenoxy) is 1. The summed E-state index contributed by atoms with van der Waals surface area (Å²) in [6, 6.07) is 8.76. The summed E-state index contributed by atoms with van der Waals surface area (Å²) in [5.74, 6) is 0.896. The highest BCUT2D eigenvalue weighted by Crippen LogP contribution is 2.22. The molecule has 21 heavy (non-hydrogen) atoms. The molecule has 0 spiro atoms. The third-order valence-corrected chi connectivity index (χ3v) is 4.83. The van der Waals surface area contributed by atoms with Crippen LogP contribution in [0.5, 0.6) is 5.75 Å². The van der Waals surface area contributed by atoms with E-state index in [1.807, 2.05) is 23.5 Å². The minimum Gasteiger partial charge on any atom is -0.497 e. The van der Waals surface area contributed by atoms with E-state index in [1.54, 1.807) is 7.11 Å². The summed E-state index contributed by atoms with van der Waals surface area (Å²) in [6.45, 7) is 7.43. The quantitative estimate of drug-likeness (QED) is 0.841. The predicted octanol–water partition coefficient (Wildman–Crippen LogP) is 3.94. The summed E-state index contributed by atoms with van der Waals surface area (Å²) in [4.78, 5) is 6.05. The molecule has 0 aliphatic carbocycles. The van der Waals surface area contributed by atoms with Crippen LogP contribution in [-0.4, -0.2) is 18.1 Å². The molecule has 3 nitrogen and oxygen atoms in total. The van der Waals surface area contributed by atoms with Gasteiger partial charge in [-0.3, -0.25) is 0 Å². The van der Waals surface area contributed by atoms with Gasteiger partial charge in [0.05, 0.1) is 17.8 Å². The lowest BCUT2D eigenvalue weighted by Crippen LogP contribution is -2.24. The molecule has 1 aromatic carbocycles. The van der Waals surface area contributed by atoms with E-state index in [1.165, 1.54) is 15.4 Å². The SMILES string of the molecule is CCC(C)NCc1sc(Cc2ccc(OC)cc2)nc1C. The van der Waals surface area contributed by atoms with Gasteiger partial charge in [-0.1, -0.05) is 19.1 Å². The van der Waals surface area contributed by atoms with Gasteiger partial charge in [-0.05, 0) is 38.0 Å². The smallest absolute Gasteiger partial charge is 0.118 e. The van der Waals surface area contributed by atoms with Crippen molar-refractivity contribution in [3.05, 3.63) is 45.4 Å². The summed E-state index contributed by atoms with van der Waals surface area (Å²) < 4.78 is 5.19. The fourth-order valence-corrected chi connectivity index (χ4v) is 3.11. The first-order chi connectivity index (χ1) is 10.1. The van der Waals surface area contributed by atoms with Gasteiger partial charge in [-0.2, -0.15) is 0 Å². The van der Waals surface area contributed by atoms with Gasteiger partial charge >= 0.3 is 0 Å². The van der Waals surface area contributed by atoms with Crippen LogP contribution in [0.15, 0.2) is 24.3 Å². The first-order valence-corrected chi connectivity index (χ1v) is 8.25. The second-order valence-electron chi connectivity index (χ2n) is 5.33. The summed E-state index contributed by atoms with van der Waals surface area (Å²) in [5.41, 5.74) is 2.42. The molecule has 2 aromatic rings. The Balaban J connectivity index is 2.00. The van der Waals surface area contributed by atoms with E-state index >= 15 is 0 Å². The first-order valence-electron chi connectivity index (χ1n) is 7.43. The van der Waals surface area contributed by atoms with Crippen LogP contribution in [0.3, 0.4) is 0 Å². The van der Waals surface area contributed by atoms with Crippen molar-refractivity contribution in [2.75, 3.05) is 7.11 Å². The Labute approximate surface area is 131 Å². The largest absolute Gasteiger partial charge is 0.497 e. The zero-order valence-corrected chi connectivity index (χ0v) is 14.1. The van der Waals surface area contributed by atoms with E-state index in [4.69, 9.17) is 9.72 Å². The molecular formula is C17H24N2OS. The number of nitrogens with zero attached hydrogens (tertiary/aromatic N) is 1. The van der Waals surface area contributed by atoms with Crippen molar-refractivity contribution in [1.82, 2.24) is 10.3 Å². The second kappa shape index (κ2) is 7.57. The van der Waals surface area contributed by atoms with Gasteiger partial charge in [-0.25, -0.2) is 4.98 Å². The van der Waals surface area contributed by atoms with Gasteiger partial charge in [0.2, 0.25) is 0 Å². The molecule has 114 valence electrons. The lowest BCUT2D eigenvalue weighted by atomic mass is 10.1. The Kier molecular flexibility index (Phi) is 5.76. The fourth-order valence-electron chi connectivity index (χ4n) is 2.06. The lowest BCUT2D eigenvalue weighted by Gasteiger charge is -2.09. The number of aryl methyl sites for hydroxylation is 1. The minimum atomic E-state index is 0.552. The molecule has 1 aromatic heterocycles. The molecule has 0 aliphatic heterocycles. The van der Waals surface area contributed by atoms with Crippen molar-refractivity contribution in [1.29, 1.82) is 0 Å².